The van der Waals surface area contributed by atoms with Gasteiger partial charge >= 0.3 is 0 Å². The van der Waals surface area contributed by atoms with Crippen LogP contribution in [0.5, 0.6) is 5.75 Å². The van der Waals surface area contributed by atoms with E-state index in [-0.39, 0.29) is 0 Å². The Balaban J connectivity index is 2.04. The molecule has 0 spiro atoms. The first kappa shape index (κ1) is 16.7. The SMILES string of the molecule is CNC(CSC1CCCCC1)c1cc(C)c(OC)cc1C. The quantitative estimate of drug-likeness (QED) is 0.827. The van der Waals surface area contributed by atoms with Gasteiger partial charge < -0.3 is 10.1 Å². The molecular formula is C18H29NOS. The summed E-state index contributed by atoms with van der Waals surface area (Å²) in [6.07, 6.45) is 7.08. The minimum Gasteiger partial charge on any atom is -0.496 e. The van der Waals surface area contributed by atoms with Gasteiger partial charge in [0.15, 0.2) is 0 Å². The second-order valence-corrected chi connectivity index (χ2v) is 7.45. The zero-order chi connectivity index (χ0) is 15.2. The summed E-state index contributed by atoms with van der Waals surface area (Å²) in [5.41, 5.74) is 3.96. The van der Waals surface area contributed by atoms with Crippen LogP contribution in [0.3, 0.4) is 0 Å². The highest BCUT2D eigenvalue weighted by atomic mass is 32.2. The van der Waals surface area contributed by atoms with Gasteiger partial charge in [0.2, 0.25) is 0 Å². The molecule has 21 heavy (non-hydrogen) atoms. The summed E-state index contributed by atoms with van der Waals surface area (Å²) in [5, 5.41) is 4.37. The molecule has 0 radical (unpaired) electrons. The molecule has 1 fully saturated rings. The summed E-state index contributed by atoms with van der Waals surface area (Å²) >= 11 is 2.16. The Hall–Kier alpha value is -0.670. The van der Waals surface area contributed by atoms with Crippen LogP contribution in [0, 0.1) is 13.8 Å². The molecule has 118 valence electrons. The molecule has 0 aliphatic heterocycles. The number of hydrogen-bond donors (Lipinski definition) is 1. The minimum atomic E-state index is 0.432. The molecule has 1 aromatic carbocycles. The number of nitrogens with one attached hydrogen (secondary N) is 1. The maximum Gasteiger partial charge on any atom is 0.122 e. The van der Waals surface area contributed by atoms with E-state index >= 15 is 0 Å². The van der Waals surface area contributed by atoms with Gasteiger partial charge in [-0.2, -0.15) is 11.8 Å². The molecule has 1 atom stereocenters. The zero-order valence-corrected chi connectivity index (χ0v) is 14.7. The van der Waals surface area contributed by atoms with Crippen LogP contribution in [0.1, 0.15) is 54.8 Å². The van der Waals surface area contributed by atoms with E-state index in [1.165, 1.54) is 48.8 Å². The van der Waals surface area contributed by atoms with Gasteiger partial charge in [0.25, 0.3) is 0 Å². The Bertz CT molecular complexity index is 455. The zero-order valence-electron chi connectivity index (χ0n) is 13.9. The van der Waals surface area contributed by atoms with Crippen molar-refractivity contribution in [1.29, 1.82) is 0 Å². The Labute approximate surface area is 134 Å². The Morgan fingerprint density at radius 2 is 1.90 bits per heavy atom. The van der Waals surface area contributed by atoms with Gasteiger partial charge in [-0.15, -0.1) is 0 Å². The lowest BCUT2D eigenvalue weighted by Gasteiger charge is -2.25. The lowest BCUT2D eigenvalue weighted by molar-refractivity contribution is 0.411. The van der Waals surface area contributed by atoms with E-state index in [0.717, 1.165) is 16.8 Å². The Morgan fingerprint density at radius 3 is 2.52 bits per heavy atom. The van der Waals surface area contributed by atoms with Gasteiger partial charge in [-0.3, -0.25) is 0 Å². The first-order valence-electron chi connectivity index (χ1n) is 8.09. The maximum absolute atomic E-state index is 5.42. The number of thioether (sulfide) groups is 1. The van der Waals surface area contributed by atoms with Crippen LogP contribution in [-0.2, 0) is 0 Å². The fourth-order valence-electron chi connectivity index (χ4n) is 3.20. The predicted octanol–water partition coefficient (Wildman–Crippen LogP) is 4.64. The lowest BCUT2D eigenvalue weighted by atomic mass is 9.99. The molecule has 1 saturated carbocycles. The third kappa shape index (κ3) is 4.40. The Kier molecular flexibility index (Phi) is 6.43. The van der Waals surface area contributed by atoms with E-state index < -0.39 is 0 Å². The molecule has 2 rings (SSSR count). The highest BCUT2D eigenvalue weighted by Crippen LogP contribution is 2.33. The van der Waals surface area contributed by atoms with Crippen LogP contribution in [-0.4, -0.2) is 25.2 Å². The van der Waals surface area contributed by atoms with Crippen LogP contribution >= 0.6 is 11.8 Å². The maximum atomic E-state index is 5.42. The largest absolute Gasteiger partial charge is 0.496 e. The highest BCUT2D eigenvalue weighted by molar-refractivity contribution is 7.99. The first-order valence-corrected chi connectivity index (χ1v) is 9.14. The summed E-state index contributed by atoms with van der Waals surface area (Å²) in [5.74, 6) is 2.15. The summed E-state index contributed by atoms with van der Waals surface area (Å²) in [4.78, 5) is 0. The normalized spacial score (nSPS) is 17.7. The molecule has 1 aliphatic carbocycles. The van der Waals surface area contributed by atoms with Crippen molar-refractivity contribution in [2.45, 2.75) is 57.2 Å². The van der Waals surface area contributed by atoms with E-state index in [2.05, 4.69) is 50.1 Å². The van der Waals surface area contributed by atoms with Crippen molar-refractivity contribution >= 4 is 11.8 Å². The third-order valence-electron chi connectivity index (χ3n) is 4.56. The summed E-state index contributed by atoms with van der Waals surface area (Å²) < 4.78 is 5.42. The number of ether oxygens (including phenoxy) is 1. The molecule has 1 aromatic rings. The molecular weight excluding hydrogens is 278 g/mol. The van der Waals surface area contributed by atoms with Gasteiger partial charge in [-0.1, -0.05) is 25.3 Å². The van der Waals surface area contributed by atoms with Gasteiger partial charge in [0.05, 0.1) is 7.11 Å². The second-order valence-electron chi connectivity index (χ2n) is 6.11. The van der Waals surface area contributed by atoms with Gasteiger partial charge in [0, 0.05) is 17.0 Å². The highest BCUT2D eigenvalue weighted by Gasteiger charge is 2.18. The van der Waals surface area contributed by atoms with Gasteiger partial charge in [-0.05, 0) is 56.5 Å². The van der Waals surface area contributed by atoms with Crippen molar-refractivity contribution in [3.63, 3.8) is 0 Å². The predicted molar refractivity (Wildman–Crippen MR) is 93.6 cm³/mol. The molecule has 0 heterocycles. The van der Waals surface area contributed by atoms with Crippen LogP contribution in [0.15, 0.2) is 12.1 Å². The monoisotopic (exact) mass is 307 g/mol. The summed E-state index contributed by atoms with van der Waals surface area (Å²) in [7, 11) is 3.82. The van der Waals surface area contributed by atoms with Crippen molar-refractivity contribution in [2.75, 3.05) is 19.9 Å². The average molecular weight is 308 g/mol. The second kappa shape index (κ2) is 8.09. The fourth-order valence-corrected chi connectivity index (χ4v) is 4.68. The van der Waals surface area contributed by atoms with E-state index in [0.29, 0.717) is 6.04 Å². The third-order valence-corrected chi connectivity index (χ3v) is 6.03. The molecule has 1 unspecified atom stereocenters. The summed E-state index contributed by atoms with van der Waals surface area (Å²) in [6, 6.07) is 4.89. The topological polar surface area (TPSA) is 21.3 Å². The molecule has 0 bridgehead atoms. The fraction of sp³-hybridized carbons (Fsp3) is 0.667. The van der Waals surface area contributed by atoms with Crippen molar-refractivity contribution in [1.82, 2.24) is 5.32 Å². The molecule has 0 amide bonds. The van der Waals surface area contributed by atoms with Gasteiger partial charge in [0.1, 0.15) is 5.75 Å². The number of aryl methyl sites for hydroxylation is 2. The molecule has 0 aromatic heterocycles. The van der Waals surface area contributed by atoms with E-state index in [9.17, 15) is 0 Å². The average Bonchev–Trinajstić information content (AvgIpc) is 2.51. The van der Waals surface area contributed by atoms with Crippen molar-refractivity contribution in [2.24, 2.45) is 0 Å². The standard InChI is InChI=1S/C18H29NOS/c1-13-11-18(20-4)14(2)10-16(13)17(19-3)12-21-15-8-6-5-7-9-15/h10-11,15,17,19H,5-9,12H2,1-4H3. The first-order chi connectivity index (χ1) is 10.2. The van der Waals surface area contributed by atoms with Crippen LogP contribution in [0.2, 0.25) is 0 Å². The molecule has 0 saturated heterocycles. The van der Waals surface area contributed by atoms with Crippen LogP contribution in [0.25, 0.3) is 0 Å². The molecule has 3 heteroatoms. The van der Waals surface area contributed by atoms with Gasteiger partial charge in [-0.25, -0.2) is 0 Å². The number of methoxy groups -OCH3 is 1. The molecule has 1 N–H and O–H groups in total. The van der Waals surface area contributed by atoms with Crippen molar-refractivity contribution in [3.05, 3.63) is 28.8 Å². The van der Waals surface area contributed by atoms with Crippen molar-refractivity contribution in [3.8, 4) is 5.75 Å². The van der Waals surface area contributed by atoms with E-state index in [4.69, 9.17) is 4.74 Å². The van der Waals surface area contributed by atoms with Crippen LogP contribution < -0.4 is 10.1 Å². The Morgan fingerprint density at radius 1 is 1.19 bits per heavy atom. The van der Waals surface area contributed by atoms with Crippen LogP contribution in [0.4, 0.5) is 0 Å². The summed E-state index contributed by atoms with van der Waals surface area (Å²) in [6.45, 7) is 4.32. The smallest absolute Gasteiger partial charge is 0.122 e. The number of hydrogen-bond acceptors (Lipinski definition) is 3. The molecule has 1 aliphatic rings. The minimum absolute atomic E-state index is 0.432. The van der Waals surface area contributed by atoms with E-state index in [1.54, 1.807) is 7.11 Å². The number of rotatable bonds is 6. The lowest BCUT2D eigenvalue weighted by Crippen LogP contribution is -2.22. The molecule has 2 nitrogen and oxygen atoms in total. The van der Waals surface area contributed by atoms with E-state index in [1.807, 2.05) is 0 Å². The van der Waals surface area contributed by atoms with Crippen molar-refractivity contribution < 1.29 is 4.74 Å². The number of benzene rings is 1.